The molecule has 3 heteroatoms. The molecule has 0 aromatic rings. The molecule has 172 valence electrons. The molecule has 0 aromatic heterocycles. The molecule has 1 aliphatic heterocycles. The summed E-state index contributed by atoms with van der Waals surface area (Å²) < 4.78 is 0. The topological polar surface area (TPSA) is 43.2 Å². The Labute approximate surface area is 183 Å². The molecular formula is C26H54N3+. The summed E-state index contributed by atoms with van der Waals surface area (Å²) in [7, 11) is 0. The van der Waals surface area contributed by atoms with Gasteiger partial charge in [0.15, 0.2) is 0 Å². The van der Waals surface area contributed by atoms with Gasteiger partial charge >= 0.3 is 0 Å². The van der Waals surface area contributed by atoms with E-state index >= 15 is 0 Å². The van der Waals surface area contributed by atoms with Crippen molar-refractivity contribution >= 4 is 5.84 Å². The van der Waals surface area contributed by atoms with Crippen LogP contribution in [0.25, 0.3) is 0 Å². The van der Waals surface area contributed by atoms with Crippen LogP contribution in [0.1, 0.15) is 135 Å². The molecule has 0 unspecified atom stereocenters. The van der Waals surface area contributed by atoms with E-state index in [1.165, 1.54) is 134 Å². The summed E-state index contributed by atoms with van der Waals surface area (Å²) in [5.74, 6) is 1.36. The van der Waals surface area contributed by atoms with Gasteiger partial charge in [-0.15, -0.1) is 0 Å². The molecule has 3 nitrogen and oxygen atoms in total. The van der Waals surface area contributed by atoms with E-state index in [-0.39, 0.29) is 0 Å². The van der Waals surface area contributed by atoms with Crippen molar-refractivity contribution in [2.45, 2.75) is 135 Å². The van der Waals surface area contributed by atoms with Gasteiger partial charge in [0.25, 0.3) is 0 Å². The van der Waals surface area contributed by atoms with E-state index in [4.69, 9.17) is 0 Å². The molecule has 29 heavy (non-hydrogen) atoms. The number of aliphatic imine (C=N–C) groups is 1. The Bertz CT molecular complexity index is 367. The van der Waals surface area contributed by atoms with Crippen LogP contribution in [0.15, 0.2) is 4.99 Å². The summed E-state index contributed by atoms with van der Waals surface area (Å²) in [6.07, 6.45) is 28.7. The maximum Gasteiger partial charge on any atom is 0.0992 e. The van der Waals surface area contributed by atoms with E-state index in [1.54, 1.807) is 0 Å². The van der Waals surface area contributed by atoms with Gasteiger partial charge in [-0.1, -0.05) is 122 Å². The average Bonchev–Trinajstić information content (AvgIpc) is 3.17. The summed E-state index contributed by atoms with van der Waals surface area (Å²) in [6, 6.07) is 0. The van der Waals surface area contributed by atoms with Gasteiger partial charge in [0.2, 0.25) is 0 Å². The van der Waals surface area contributed by atoms with Crippen LogP contribution in [0, 0.1) is 0 Å². The van der Waals surface area contributed by atoms with Crippen molar-refractivity contribution < 1.29 is 5.73 Å². The van der Waals surface area contributed by atoms with Gasteiger partial charge in [0.1, 0.15) is 0 Å². The van der Waals surface area contributed by atoms with Crippen LogP contribution in [0.5, 0.6) is 0 Å². The molecule has 1 aliphatic rings. The van der Waals surface area contributed by atoms with Gasteiger partial charge in [-0.3, -0.25) is 4.99 Å². The first-order valence-corrected chi connectivity index (χ1v) is 13.5. The third kappa shape index (κ3) is 15.9. The standard InChI is InChI=1S/C26H53N3/c1-2-3-4-5-6-7-8-9-10-11-12-13-14-15-16-17-18-19-20-21-26-28-23-25-29(26)24-22-27/h2-25,27H2,1H3/p+1. The molecule has 0 saturated carbocycles. The van der Waals surface area contributed by atoms with E-state index in [1.807, 2.05) is 0 Å². The van der Waals surface area contributed by atoms with Crippen LogP contribution >= 0.6 is 0 Å². The van der Waals surface area contributed by atoms with Gasteiger partial charge in [0, 0.05) is 13.0 Å². The highest BCUT2D eigenvalue weighted by Gasteiger charge is 2.15. The van der Waals surface area contributed by atoms with Crippen LogP contribution in [0.2, 0.25) is 0 Å². The lowest BCUT2D eigenvalue weighted by atomic mass is 10.0. The lowest BCUT2D eigenvalue weighted by molar-refractivity contribution is -0.367. The second-order valence-corrected chi connectivity index (χ2v) is 9.25. The Morgan fingerprint density at radius 3 is 1.48 bits per heavy atom. The maximum absolute atomic E-state index is 4.67. The summed E-state index contributed by atoms with van der Waals surface area (Å²) in [6.45, 7) is 6.53. The number of hydrogen-bond donors (Lipinski definition) is 1. The maximum atomic E-state index is 4.67. The summed E-state index contributed by atoms with van der Waals surface area (Å²) in [5.41, 5.74) is 3.97. The number of rotatable bonds is 22. The Morgan fingerprint density at radius 2 is 1.07 bits per heavy atom. The Morgan fingerprint density at radius 1 is 0.655 bits per heavy atom. The zero-order valence-electron chi connectivity index (χ0n) is 20.1. The van der Waals surface area contributed by atoms with Crippen molar-refractivity contribution in [3.63, 3.8) is 0 Å². The largest absolute Gasteiger partial charge is 0.356 e. The second-order valence-electron chi connectivity index (χ2n) is 9.25. The number of nitrogens with zero attached hydrogens (tertiary/aromatic N) is 2. The summed E-state index contributed by atoms with van der Waals surface area (Å²) in [5, 5.41) is 0. The zero-order chi connectivity index (χ0) is 20.8. The fraction of sp³-hybridized carbons (Fsp3) is 0.962. The third-order valence-corrected chi connectivity index (χ3v) is 6.46. The Hall–Kier alpha value is -0.570. The SMILES string of the molecule is CCCCCCCCCCCCCCCCCCCCCC1=NCCN1CC[NH3+]. The first-order valence-electron chi connectivity index (χ1n) is 13.5. The Kier molecular flexibility index (Phi) is 18.9. The molecule has 0 atom stereocenters. The predicted molar refractivity (Wildman–Crippen MR) is 130 cm³/mol. The molecule has 0 amide bonds. The van der Waals surface area contributed by atoms with Crippen LogP contribution < -0.4 is 5.73 Å². The minimum absolute atomic E-state index is 0.998. The molecular weight excluding hydrogens is 354 g/mol. The average molecular weight is 409 g/mol. The normalized spacial score (nSPS) is 14.0. The number of hydrogen-bond acceptors (Lipinski definition) is 2. The summed E-state index contributed by atoms with van der Waals surface area (Å²) in [4.78, 5) is 7.11. The van der Waals surface area contributed by atoms with E-state index in [0.29, 0.717) is 0 Å². The van der Waals surface area contributed by atoms with Crippen molar-refractivity contribution in [3.8, 4) is 0 Å². The van der Waals surface area contributed by atoms with E-state index in [9.17, 15) is 0 Å². The van der Waals surface area contributed by atoms with Crippen LogP contribution in [-0.2, 0) is 0 Å². The van der Waals surface area contributed by atoms with Crippen molar-refractivity contribution in [2.75, 3.05) is 26.2 Å². The molecule has 0 bridgehead atoms. The number of quaternary nitrogens is 1. The third-order valence-electron chi connectivity index (χ3n) is 6.46. The molecule has 1 heterocycles. The van der Waals surface area contributed by atoms with Crippen LogP contribution in [0.4, 0.5) is 0 Å². The smallest absolute Gasteiger partial charge is 0.0992 e. The lowest BCUT2D eigenvalue weighted by Crippen LogP contribution is -2.55. The minimum atomic E-state index is 0.998. The molecule has 0 spiro atoms. The minimum Gasteiger partial charge on any atom is -0.356 e. The van der Waals surface area contributed by atoms with Gasteiger partial charge in [-0.2, -0.15) is 0 Å². The van der Waals surface area contributed by atoms with Crippen LogP contribution in [-0.4, -0.2) is 36.9 Å². The molecule has 0 aliphatic carbocycles. The highest BCUT2D eigenvalue weighted by Crippen LogP contribution is 2.15. The van der Waals surface area contributed by atoms with Gasteiger partial charge in [-0.25, -0.2) is 0 Å². The van der Waals surface area contributed by atoms with E-state index in [2.05, 4.69) is 22.5 Å². The van der Waals surface area contributed by atoms with Gasteiger partial charge in [0.05, 0.1) is 25.5 Å². The molecule has 3 N–H and O–H groups in total. The van der Waals surface area contributed by atoms with Crippen molar-refractivity contribution in [1.82, 2.24) is 4.90 Å². The molecule has 1 rings (SSSR count). The summed E-state index contributed by atoms with van der Waals surface area (Å²) >= 11 is 0. The van der Waals surface area contributed by atoms with Crippen LogP contribution in [0.3, 0.4) is 0 Å². The molecule has 0 radical (unpaired) electrons. The fourth-order valence-corrected chi connectivity index (χ4v) is 4.56. The quantitative estimate of drug-likeness (QED) is 0.197. The molecule has 0 fully saturated rings. The predicted octanol–water partition coefficient (Wildman–Crippen LogP) is 6.76. The van der Waals surface area contributed by atoms with Gasteiger partial charge in [-0.05, 0) is 6.42 Å². The first kappa shape index (κ1) is 26.5. The number of amidine groups is 1. The van der Waals surface area contributed by atoms with E-state index in [0.717, 1.165) is 26.2 Å². The monoisotopic (exact) mass is 408 g/mol. The van der Waals surface area contributed by atoms with Crippen molar-refractivity contribution in [1.29, 1.82) is 0 Å². The molecule has 0 aromatic carbocycles. The van der Waals surface area contributed by atoms with Crippen molar-refractivity contribution in [3.05, 3.63) is 0 Å². The second kappa shape index (κ2) is 20.7. The van der Waals surface area contributed by atoms with Gasteiger partial charge < -0.3 is 10.6 Å². The highest BCUT2D eigenvalue weighted by atomic mass is 15.2. The lowest BCUT2D eigenvalue weighted by Gasteiger charge is -2.18. The fourth-order valence-electron chi connectivity index (χ4n) is 4.56. The Balaban J connectivity index is 1.71. The van der Waals surface area contributed by atoms with E-state index < -0.39 is 0 Å². The highest BCUT2D eigenvalue weighted by molar-refractivity contribution is 5.83. The van der Waals surface area contributed by atoms with Crippen molar-refractivity contribution in [2.24, 2.45) is 4.99 Å². The zero-order valence-corrected chi connectivity index (χ0v) is 20.1. The molecule has 0 saturated heterocycles. The number of unbranched alkanes of at least 4 members (excludes halogenated alkanes) is 18. The first-order chi connectivity index (χ1) is 14.4.